The number of halogens is 2. The van der Waals surface area contributed by atoms with Crippen molar-refractivity contribution in [3.05, 3.63) is 23.3 Å². The Balaban J connectivity index is 3.32. The van der Waals surface area contributed by atoms with Crippen molar-refractivity contribution in [1.29, 1.82) is 0 Å². The van der Waals surface area contributed by atoms with Gasteiger partial charge in [0, 0.05) is 5.56 Å². The second-order valence-electron chi connectivity index (χ2n) is 2.54. The molecule has 0 fully saturated rings. The van der Waals surface area contributed by atoms with Gasteiger partial charge in [-0.05, 0) is 12.1 Å². The standard InChI is InChI=1S/C8H6F2O4/c9-7(10)3-1-4(11)6(8(13)14)5(12)2-3/h1-2,7,11-12H,(H,13,14). The highest BCUT2D eigenvalue weighted by atomic mass is 19.3. The summed E-state index contributed by atoms with van der Waals surface area (Å²) < 4.78 is 24.2. The fraction of sp³-hybridized carbons (Fsp3) is 0.125. The summed E-state index contributed by atoms with van der Waals surface area (Å²) in [7, 11) is 0. The van der Waals surface area contributed by atoms with E-state index in [9.17, 15) is 13.6 Å². The van der Waals surface area contributed by atoms with Gasteiger partial charge in [-0.1, -0.05) is 0 Å². The molecule has 0 aliphatic rings. The average molecular weight is 204 g/mol. The number of carboxylic acids is 1. The molecule has 0 aliphatic carbocycles. The van der Waals surface area contributed by atoms with Crippen molar-refractivity contribution in [2.24, 2.45) is 0 Å². The van der Waals surface area contributed by atoms with E-state index in [1.54, 1.807) is 0 Å². The molecule has 1 rings (SSSR count). The van der Waals surface area contributed by atoms with E-state index in [4.69, 9.17) is 15.3 Å². The number of carbonyl (C=O) groups is 1. The van der Waals surface area contributed by atoms with Crippen molar-refractivity contribution in [3.63, 3.8) is 0 Å². The van der Waals surface area contributed by atoms with Crippen LogP contribution < -0.4 is 0 Å². The normalized spacial score (nSPS) is 10.5. The van der Waals surface area contributed by atoms with Gasteiger partial charge >= 0.3 is 5.97 Å². The third-order valence-electron chi connectivity index (χ3n) is 1.58. The highest BCUT2D eigenvalue weighted by Crippen LogP contribution is 2.32. The number of phenols is 2. The Hall–Kier alpha value is -1.85. The van der Waals surface area contributed by atoms with Gasteiger partial charge in [0.05, 0.1) is 0 Å². The van der Waals surface area contributed by atoms with Crippen LogP contribution in [-0.4, -0.2) is 21.3 Å². The van der Waals surface area contributed by atoms with Gasteiger partial charge < -0.3 is 15.3 Å². The third-order valence-corrected chi connectivity index (χ3v) is 1.58. The minimum Gasteiger partial charge on any atom is -0.507 e. The van der Waals surface area contributed by atoms with Crippen molar-refractivity contribution < 1.29 is 28.9 Å². The summed E-state index contributed by atoms with van der Waals surface area (Å²) >= 11 is 0. The molecule has 1 aromatic carbocycles. The summed E-state index contributed by atoms with van der Waals surface area (Å²) in [6.07, 6.45) is -2.88. The SMILES string of the molecule is O=C(O)c1c(O)cc(C(F)F)cc1O. The number of aromatic carboxylic acids is 1. The van der Waals surface area contributed by atoms with E-state index >= 15 is 0 Å². The number of benzene rings is 1. The summed E-state index contributed by atoms with van der Waals surface area (Å²) in [5.74, 6) is -3.35. The van der Waals surface area contributed by atoms with Crippen molar-refractivity contribution in [2.75, 3.05) is 0 Å². The first-order valence-electron chi connectivity index (χ1n) is 3.50. The number of hydrogen-bond donors (Lipinski definition) is 3. The highest BCUT2D eigenvalue weighted by molar-refractivity contribution is 5.94. The van der Waals surface area contributed by atoms with E-state index in [0.29, 0.717) is 12.1 Å². The Kier molecular flexibility index (Phi) is 2.55. The lowest BCUT2D eigenvalue weighted by atomic mass is 10.1. The summed E-state index contributed by atoms with van der Waals surface area (Å²) in [5.41, 5.74) is -1.42. The molecule has 0 radical (unpaired) electrons. The molecule has 0 amide bonds. The monoisotopic (exact) mass is 204 g/mol. The molecule has 0 spiro atoms. The van der Waals surface area contributed by atoms with Crippen LogP contribution >= 0.6 is 0 Å². The lowest BCUT2D eigenvalue weighted by Crippen LogP contribution is -1.98. The first-order valence-corrected chi connectivity index (χ1v) is 3.50. The summed E-state index contributed by atoms with van der Waals surface area (Å²) in [5, 5.41) is 26.5. The Morgan fingerprint density at radius 1 is 1.21 bits per heavy atom. The zero-order valence-electron chi connectivity index (χ0n) is 6.74. The molecule has 0 heterocycles. The maximum Gasteiger partial charge on any atom is 0.343 e. The minimum atomic E-state index is -2.88. The molecular formula is C8H6F2O4. The van der Waals surface area contributed by atoms with Gasteiger partial charge in [0.15, 0.2) is 0 Å². The molecule has 0 aromatic heterocycles. The molecule has 14 heavy (non-hydrogen) atoms. The molecule has 1 aromatic rings. The van der Waals surface area contributed by atoms with Gasteiger partial charge in [-0.25, -0.2) is 13.6 Å². The van der Waals surface area contributed by atoms with E-state index < -0.39 is 35.0 Å². The zero-order valence-corrected chi connectivity index (χ0v) is 6.74. The molecule has 0 aliphatic heterocycles. The number of aromatic hydroxyl groups is 2. The van der Waals surface area contributed by atoms with Gasteiger partial charge in [0.25, 0.3) is 6.43 Å². The maximum atomic E-state index is 12.1. The van der Waals surface area contributed by atoms with Crippen LogP contribution in [0.1, 0.15) is 22.3 Å². The van der Waals surface area contributed by atoms with Crippen LogP contribution in [0.4, 0.5) is 8.78 Å². The molecule has 3 N–H and O–H groups in total. The molecule has 6 heteroatoms. The summed E-state index contributed by atoms with van der Waals surface area (Å²) in [6, 6.07) is 1.21. The largest absolute Gasteiger partial charge is 0.507 e. The Bertz CT molecular complexity index is 353. The average Bonchev–Trinajstić information content (AvgIpc) is 2.01. The van der Waals surface area contributed by atoms with Crippen LogP contribution in [0.2, 0.25) is 0 Å². The predicted molar refractivity (Wildman–Crippen MR) is 41.7 cm³/mol. The van der Waals surface area contributed by atoms with Gasteiger partial charge in [-0.3, -0.25) is 0 Å². The molecule has 0 unspecified atom stereocenters. The van der Waals surface area contributed by atoms with Crippen LogP contribution in [0.3, 0.4) is 0 Å². The highest BCUT2D eigenvalue weighted by Gasteiger charge is 2.19. The molecule has 0 atom stereocenters. The predicted octanol–water partition coefficient (Wildman–Crippen LogP) is 1.73. The first kappa shape index (κ1) is 10.2. The minimum absolute atomic E-state index is 0.605. The summed E-state index contributed by atoms with van der Waals surface area (Å²) in [4.78, 5) is 10.4. The first-order chi connectivity index (χ1) is 6.43. The molecular weight excluding hydrogens is 198 g/mol. The van der Waals surface area contributed by atoms with Crippen LogP contribution in [0.15, 0.2) is 12.1 Å². The quantitative estimate of drug-likeness (QED) is 0.685. The third kappa shape index (κ3) is 1.73. The van der Waals surface area contributed by atoms with Gasteiger partial charge in [0.2, 0.25) is 0 Å². The second kappa shape index (κ2) is 3.49. The second-order valence-corrected chi connectivity index (χ2v) is 2.54. The van der Waals surface area contributed by atoms with Gasteiger partial charge in [-0.15, -0.1) is 0 Å². The summed E-state index contributed by atoms with van der Waals surface area (Å²) in [6.45, 7) is 0. The molecule has 4 nitrogen and oxygen atoms in total. The number of rotatable bonds is 2. The van der Waals surface area contributed by atoms with Crippen LogP contribution in [0.5, 0.6) is 11.5 Å². The number of alkyl halides is 2. The van der Waals surface area contributed by atoms with Gasteiger partial charge in [0.1, 0.15) is 17.1 Å². The smallest absolute Gasteiger partial charge is 0.343 e. The lowest BCUT2D eigenvalue weighted by molar-refractivity contribution is 0.0689. The van der Waals surface area contributed by atoms with E-state index in [0.717, 1.165) is 0 Å². The zero-order chi connectivity index (χ0) is 10.9. The topological polar surface area (TPSA) is 77.8 Å². The van der Waals surface area contributed by atoms with Crippen molar-refractivity contribution in [3.8, 4) is 11.5 Å². The van der Waals surface area contributed by atoms with Crippen molar-refractivity contribution >= 4 is 5.97 Å². The van der Waals surface area contributed by atoms with E-state index in [2.05, 4.69) is 0 Å². The van der Waals surface area contributed by atoms with Crippen LogP contribution in [0, 0.1) is 0 Å². The molecule has 0 bridgehead atoms. The molecule has 0 saturated heterocycles. The Morgan fingerprint density at radius 3 is 1.93 bits per heavy atom. The Labute approximate surface area is 77.0 Å². The fourth-order valence-corrected chi connectivity index (χ4v) is 0.978. The number of hydrogen-bond acceptors (Lipinski definition) is 3. The van der Waals surface area contributed by atoms with Gasteiger partial charge in [-0.2, -0.15) is 0 Å². The van der Waals surface area contributed by atoms with Crippen LogP contribution in [0.25, 0.3) is 0 Å². The lowest BCUT2D eigenvalue weighted by Gasteiger charge is -2.05. The Morgan fingerprint density at radius 2 is 1.64 bits per heavy atom. The van der Waals surface area contributed by atoms with E-state index in [1.165, 1.54) is 0 Å². The number of carboxylic acid groups (broad SMARTS) is 1. The van der Waals surface area contributed by atoms with Crippen molar-refractivity contribution in [2.45, 2.75) is 6.43 Å². The fourth-order valence-electron chi connectivity index (χ4n) is 0.978. The maximum absolute atomic E-state index is 12.1. The molecule has 0 saturated carbocycles. The van der Waals surface area contributed by atoms with E-state index in [-0.39, 0.29) is 0 Å². The van der Waals surface area contributed by atoms with Crippen LogP contribution in [-0.2, 0) is 0 Å². The van der Waals surface area contributed by atoms with E-state index in [1.807, 2.05) is 0 Å². The molecule has 76 valence electrons. The van der Waals surface area contributed by atoms with Crippen molar-refractivity contribution in [1.82, 2.24) is 0 Å².